The van der Waals surface area contributed by atoms with Gasteiger partial charge in [0.1, 0.15) is 0 Å². The number of rotatable bonds is 5. The summed E-state index contributed by atoms with van der Waals surface area (Å²) < 4.78 is 0. The van der Waals surface area contributed by atoms with Gasteiger partial charge in [-0.3, -0.25) is 4.79 Å². The van der Waals surface area contributed by atoms with Crippen LogP contribution in [0.25, 0.3) is 0 Å². The Morgan fingerprint density at radius 3 is 2.40 bits per heavy atom. The lowest BCUT2D eigenvalue weighted by molar-refractivity contribution is -0.122. The second kappa shape index (κ2) is 6.35. The molecule has 4 heteroatoms. The molecule has 1 amide bonds. The molecule has 0 aromatic heterocycles. The van der Waals surface area contributed by atoms with Crippen molar-refractivity contribution in [2.75, 3.05) is 5.32 Å². The Morgan fingerprint density at radius 1 is 1.30 bits per heavy atom. The molecule has 0 spiro atoms. The van der Waals surface area contributed by atoms with Crippen LogP contribution in [0.5, 0.6) is 0 Å². The van der Waals surface area contributed by atoms with Gasteiger partial charge in [0.25, 0.3) is 0 Å². The zero-order valence-corrected chi connectivity index (χ0v) is 12.8. The third-order valence-electron chi connectivity index (χ3n) is 4.11. The molecule has 1 fully saturated rings. The normalized spacial score (nSPS) is 16.9. The van der Waals surface area contributed by atoms with Gasteiger partial charge in [0.05, 0.1) is 10.4 Å². The van der Waals surface area contributed by atoms with Crippen molar-refractivity contribution in [1.82, 2.24) is 0 Å². The van der Waals surface area contributed by atoms with Crippen LogP contribution in [0.3, 0.4) is 0 Å². The van der Waals surface area contributed by atoms with Crippen molar-refractivity contribution in [2.24, 2.45) is 11.1 Å². The maximum Gasteiger partial charge on any atom is 0.237 e. The fourth-order valence-corrected chi connectivity index (χ4v) is 3.15. The number of thiocarbonyl (C=S) groups is 1. The smallest absolute Gasteiger partial charge is 0.237 e. The van der Waals surface area contributed by atoms with E-state index in [9.17, 15) is 4.79 Å². The molecule has 0 aliphatic heterocycles. The molecular formula is C16H22N2OS. The summed E-state index contributed by atoms with van der Waals surface area (Å²) in [6.45, 7) is 2.15. The third-order valence-corrected chi connectivity index (χ3v) is 4.50. The molecule has 1 aromatic rings. The number of benzene rings is 1. The number of hydrogen-bond donors (Lipinski definition) is 2. The van der Waals surface area contributed by atoms with Crippen LogP contribution in [0.1, 0.15) is 44.6 Å². The first kappa shape index (κ1) is 15.0. The molecule has 0 heterocycles. The van der Waals surface area contributed by atoms with Crippen LogP contribution in [-0.2, 0) is 11.2 Å². The highest BCUT2D eigenvalue weighted by molar-refractivity contribution is 7.80. The van der Waals surface area contributed by atoms with Crippen LogP contribution >= 0.6 is 12.2 Å². The lowest BCUT2D eigenvalue weighted by Crippen LogP contribution is -2.43. The summed E-state index contributed by atoms with van der Waals surface area (Å²) in [7, 11) is 0. The van der Waals surface area contributed by atoms with Crippen molar-refractivity contribution in [1.29, 1.82) is 0 Å². The van der Waals surface area contributed by atoms with Crippen LogP contribution < -0.4 is 11.1 Å². The minimum atomic E-state index is -0.641. The van der Waals surface area contributed by atoms with E-state index in [2.05, 4.69) is 24.4 Å². The molecule has 20 heavy (non-hydrogen) atoms. The molecule has 1 aliphatic carbocycles. The van der Waals surface area contributed by atoms with Gasteiger partial charge in [-0.1, -0.05) is 50.5 Å². The van der Waals surface area contributed by atoms with E-state index in [0.29, 0.717) is 4.99 Å². The highest BCUT2D eigenvalue weighted by atomic mass is 32.1. The number of anilines is 1. The molecule has 3 nitrogen and oxygen atoms in total. The van der Waals surface area contributed by atoms with Gasteiger partial charge in [-0.25, -0.2) is 0 Å². The van der Waals surface area contributed by atoms with Crippen molar-refractivity contribution < 1.29 is 4.79 Å². The third kappa shape index (κ3) is 3.01. The molecule has 3 N–H and O–H groups in total. The highest BCUT2D eigenvalue weighted by Gasteiger charge is 2.43. The van der Waals surface area contributed by atoms with Gasteiger partial charge >= 0.3 is 0 Å². The van der Waals surface area contributed by atoms with Crippen molar-refractivity contribution in [2.45, 2.75) is 45.4 Å². The van der Waals surface area contributed by atoms with Crippen LogP contribution in [0.2, 0.25) is 0 Å². The fraction of sp³-hybridized carbons (Fsp3) is 0.500. The minimum absolute atomic E-state index is 0.0502. The van der Waals surface area contributed by atoms with Gasteiger partial charge in [0.2, 0.25) is 5.91 Å². The monoisotopic (exact) mass is 290 g/mol. The van der Waals surface area contributed by atoms with Crippen molar-refractivity contribution >= 4 is 28.8 Å². The van der Waals surface area contributed by atoms with Crippen molar-refractivity contribution in [3.8, 4) is 0 Å². The number of carbonyl (C=O) groups excluding carboxylic acids is 1. The first-order valence-corrected chi connectivity index (χ1v) is 7.69. The van der Waals surface area contributed by atoms with E-state index in [0.717, 1.165) is 44.2 Å². The average molecular weight is 290 g/mol. The molecule has 1 saturated carbocycles. The van der Waals surface area contributed by atoms with E-state index in [1.807, 2.05) is 12.1 Å². The van der Waals surface area contributed by atoms with E-state index < -0.39 is 5.41 Å². The zero-order chi connectivity index (χ0) is 14.6. The van der Waals surface area contributed by atoms with Crippen molar-refractivity contribution in [3.63, 3.8) is 0 Å². The Bertz CT molecular complexity index is 490. The van der Waals surface area contributed by atoms with Gasteiger partial charge in [-0.05, 0) is 37.0 Å². The number of nitrogens with one attached hydrogen (secondary N) is 1. The largest absolute Gasteiger partial charge is 0.392 e. The number of hydrogen-bond acceptors (Lipinski definition) is 2. The highest BCUT2D eigenvalue weighted by Crippen LogP contribution is 2.39. The molecule has 0 saturated heterocycles. The Balaban J connectivity index is 2.08. The molecule has 2 rings (SSSR count). The lowest BCUT2D eigenvalue weighted by Gasteiger charge is -2.26. The summed E-state index contributed by atoms with van der Waals surface area (Å²) >= 11 is 5.13. The molecule has 108 valence electrons. The average Bonchev–Trinajstić information content (AvgIpc) is 2.92. The number of amides is 1. The molecule has 0 unspecified atom stereocenters. The Labute approximate surface area is 125 Å². The summed E-state index contributed by atoms with van der Waals surface area (Å²) in [6, 6.07) is 8.01. The molecule has 0 bridgehead atoms. The summed E-state index contributed by atoms with van der Waals surface area (Å²) in [5.41, 5.74) is 7.28. The second-order valence-corrected chi connectivity index (χ2v) is 5.99. The number of aryl methyl sites for hydroxylation is 1. The zero-order valence-electron chi connectivity index (χ0n) is 11.9. The summed E-state index contributed by atoms with van der Waals surface area (Å²) in [5, 5.41) is 2.97. The Morgan fingerprint density at radius 2 is 1.90 bits per heavy atom. The quantitative estimate of drug-likeness (QED) is 0.817. The van der Waals surface area contributed by atoms with Crippen LogP contribution in [0, 0.1) is 5.41 Å². The van der Waals surface area contributed by atoms with Gasteiger partial charge in [0, 0.05) is 5.69 Å². The van der Waals surface area contributed by atoms with Gasteiger partial charge < -0.3 is 11.1 Å². The van der Waals surface area contributed by atoms with Crippen LogP contribution in [0.15, 0.2) is 24.3 Å². The SMILES string of the molecule is CCCc1ccc(NC(=O)C2(C(N)=S)CCCC2)cc1. The van der Waals surface area contributed by atoms with E-state index in [1.54, 1.807) is 0 Å². The minimum Gasteiger partial charge on any atom is -0.392 e. The maximum absolute atomic E-state index is 12.5. The van der Waals surface area contributed by atoms with Crippen LogP contribution in [0.4, 0.5) is 5.69 Å². The van der Waals surface area contributed by atoms with E-state index >= 15 is 0 Å². The topological polar surface area (TPSA) is 55.1 Å². The van der Waals surface area contributed by atoms with Gasteiger partial charge in [-0.15, -0.1) is 0 Å². The number of nitrogens with two attached hydrogens (primary N) is 1. The second-order valence-electron chi connectivity index (χ2n) is 5.55. The first-order valence-electron chi connectivity index (χ1n) is 7.29. The Hall–Kier alpha value is -1.42. The fourth-order valence-electron chi connectivity index (χ4n) is 2.86. The predicted octanol–water partition coefficient (Wildman–Crippen LogP) is 3.42. The molecule has 1 aliphatic rings. The Kier molecular flexibility index (Phi) is 4.76. The first-order chi connectivity index (χ1) is 9.58. The summed E-state index contributed by atoms with van der Waals surface area (Å²) in [4.78, 5) is 12.8. The van der Waals surface area contributed by atoms with E-state index in [4.69, 9.17) is 18.0 Å². The van der Waals surface area contributed by atoms with Gasteiger partial charge in [-0.2, -0.15) is 0 Å². The number of carbonyl (C=O) groups is 1. The maximum atomic E-state index is 12.5. The van der Waals surface area contributed by atoms with Crippen LogP contribution in [-0.4, -0.2) is 10.9 Å². The molecule has 1 aromatic carbocycles. The lowest BCUT2D eigenvalue weighted by atomic mass is 9.85. The van der Waals surface area contributed by atoms with E-state index in [1.165, 1.54) is 5.56 Å². The predicted molar refractivity (Wildman–Crippen MR) is 86.8 cm³/mol. The van der Waals surface area contributed by atoms with E-state index in [-0.39, 0.29) is 5.91 Å². The molecular weight excluding hydrogens is 268 g/mol. The summed E-state index contributed by atoms with van der Waals surface area (Å²) in [5.74, 6) is -0.0502. The molecule has 0 atom stereocenters. The van der Waals surface area contributed by atoms with Crippen molar-refractivity contribution in [3.05, 3.63) is 29.8 Å². The van der Waals surface area contributed by atoms with Gasteiger partial charge in [0.15, 0.2) is 0 Å². The molecule has 0 radical (unpaired) electrons. The summed E-state index contributed by atoms with van der Waals surface area (Å²) in [6.07, 6.45) is 5.74. The standard InChI is InChI=1S/C16H22N2OS/c1-2-5-12-6-8-13(9-7-12)18-15(19)16(14(17)20)10-3-4-11-16/h6-9H,2-5,10-11H2,1H3,(H2,17,20)(H,18,19).